The van der Waals surface area contributed by atoms with Gasteiger partial charge in [0.05, 0.1) is 29.5 Å². The number of carbonyl (C=O) groups is 1. The number of methoxy groups -OCH3 is 1. The van der Waals surface area contributed by atoms with E-state index in [2.05, 4.69) is 0 Å². The molecule has 5 rings (SSSR count). The van der Waals surface area contributed by atoms with E-state index in [4.69, 9.17) is 42.4 Å². The number of rotatable bonds is 10. The summed E-state index contributed by atoms with van der Waals surface area (Å²) >= 11 is 13.7. The van der Waals surface area contributed by atoms with Crippen LogP contribution < -0.4 is 24.4 Å². The van der Waals surface area contributed by atoms with E-state index < -0.39 is 12.0 Å². The Hall–Kier alpha value is -3.85. The summed E-state index contributed by atoms with van der Waals surface area (Å²) in [4.78, 5) is 32.9. The van der Waals surface area contributed by atoms with E-state index >= 15 is 0 Å². The van der Waals surface area contributed by atoms with Crippen molar-refractivity contribution in [2.75, 3.05) is 13.7 Å². The minimum atomic E-state index is -0.843. The van der Waals surface area contributed by atoms with Gasteiger partial charge in [0.15, 0.2) is 4.80 Å². The summed E-state index contributed by atoms with van der Waals surface area (Å²) in [6.45, 7) is 4.27. The van der Waals surface area contributed by atoms with Crippen LogP contribution in [0.5, 0.6) is 11.5 Å². The summed E-state index contributed by atoms with van der Waals surface area (Å²) in [5.74, 6) is 0.580. The molecule has 3 aromatic carbocycles. The number of thiazole rings is 1. The van der Waals surface area contributed by atoms with E-state index in [1.807, 2.05) is 55.5 Å². The number of hydrogen-bond acceptors (Lipinski definition) is 7. The molecular weight excluding hydrogens is 607 g/mol. The van der Waals surface area contributed by atoms with Crippen LogP contribution in [0.4, 0.5) is 0 Å². The number of esters is 1. The maximum atomic E-state index is 14.2. The fourth-order valence-corrected chi connectivity index (χ4v) is 6.27. The molecule has 0 amide bonds. The molecular formula is C33H30Cl2N2O5S. The lowest BCUT2D eigenvalue weighted by Crippen LogP contribution is -2.40. The molecule has 4 aromatic rings. The number of allylic oxidation sites excluding steroid dienone is 1. The first-order valence-corrected chi connectivity index (χ1v) is 15.4. The van der Waals surface area contributed by atoms with E-state index in [1.165, 1.54) is 23.0 Å². The summed E-state index contributed by atoms with van der Waals surface area (Å²) in [5, 5.41) is 1.10. The number of benzene rings is 3. The van der Waals surface area contributed by atoms with Crippen molar-refractivity contribution in [2.24, 2.45) is 4.99 Å². The SMILES string of the molecule is CCCC1=C(C(=O)OCC)[C@H](c2cc(Cl)ccc2OC)n2c(s/c(=C/c3ccccc3OCc3ccc(Cl)cc3)c2=O)=N1. The van der Waals surface area contributed by atoms with Gasteiger partial charge in [0.1, 0.15) is 24.1 Å². The van der Waals surface area contributed by atoms with Crippen LogP contribution >= 0.6 is 34.5 Å². The molecule has 0 unspecified atom stereocenters. The van der Waals surface area contributed by atoms with Crippen LogP contribution in [0.1, 0.15) is 49.4 Å². The van der Waals surface area contributed by atoms with E-state index in [0.717, 1.165) is 17.5 Å². The number of hydrogen-bond donors (Lipinski definition) is 0. The predicted molar refractivity (Wildman–Crippen MR) is 170 cm³/mol. The molecule has 0 saturated heterocycles. The minimum Gasteiger partial charge on any atom is -0.496 e. The quantitative estimate of drug-likeness (QED) is 0.186. The normalized spacial score (nSPS) is 14.7. The van der Waals surface area contributed by atoms with E-state index in [-0.39, 0.29) is 12.2 Å². The minimum absolute atomic E-state index is 0.179. The van der Waals surface area contributed by atoms with Gasteiger partial charge in [-0.15, -0.1) is 0 Å². The molecule has 1 atom stereocenters. The van der Waals surface area contributed by atoms with Crippen LogP contribution in [0, 0.1) is 0 Å². The van der Waals surface area contributed by atoms with Gasteiger partial charge in [0.2, 0.25) is 0 Å². The Balaban J connectivity index is 1.67. The van der Waals surface area contributed by atoms with Crippen molar-refractivity contribution in [1.29, 1.82) is 0 Å². The summed E-state index contributed by atoms with van der Waals surface area (Å²) in [6.07, 6.45) is 3.06. The smallest absolute Gasteiger partial charge is 0.338 e. The topological polar surface area (TPSA) is 79.1 Å². The van der Waals surface area contributed by atoms with Gasteiger partial charge in [-0.2, -0.15) is 0 Å². The summed E-state index contributed by atoms with van der Waals surface area (Å²) in [7, 11) is 1.54. The van der Waals surface area contributed by atoms with Crippen molar-refractivity contribution < 1.29 is 19.0 Å². The molecule has 0 bridgehead atoms. The van der Waals surface area contributed by atoms with Crippen molar-refractivity contribution >= 4 is 46.6 Å². The first kappa shape index (κ1) is 30.6. The zero-order chi connectivity index (χ0) is 30.5. The third-order valence-electron chi connectivity index (χ3n) is 6.89. The molecule has 0 N–H and O–H groups in total. The number of aromatic nitrogens is 1. The number of carbonyl (C=O) groups excluding carboxylic acids is 1. The fourth-order valence-electron chi connectivity index (χ4n) is 4.95. The van der Waals surface area contributed by atoms with Crippen molar-refractivity contribution in [3.63, 3.8) is 0 Å². The summed E-state index contributed by atoms with van der Waals surface area (Å²) in [6, 6.07) is 19.3. The number of ether oxygens (including phenoxy) is 3. The Bertz CT molecular complexity index is 1860. The summed E-state index contributed by atoms with van der Waals surface area (Å²) in [5.41, 5.74) is 2.84. The Morgan fingerprint density at radius 2 is 1.77 bits per heavy atom. The van der Waals surface area contributed by atoms with Gasteiger partial charge in [0, 0.05) is 21.2 Å². The first-order valence-electron chi connectivity index (χ1n) is 13.9. The second-order valence-electron chi connectivity index (χ2n) is 9.75. The maximum absolute atomic E-state index is 14.2. The molecule has 1 aromatic heterocycles. The average Bonchev–Trinajstić information content (AvgIpc) is 3.31. The maximum Gasteiger partial charge on any atom is 0.338 e. The molecule has 0 saturated carbocycles. The van der Waals surface area contributed by atoms with Crippen LogP contribution in [0.15, 0.2) is 87.8 Å². The Labute approximate surface area is 263 Å². The van der Waals surface area contributed by atoms with Crippen molar-refractivity contribution in [2.45, 2.75) is 39.3 Å². The number of halogens is 2. The molecule has 1 aliphatic heterocycles. The zero-order valence-corrected chi connectivity index (χ0v) is 26.3. The van der Waals surface area contributed by atoms with Gasteiger partial charge in [-0.3, -0.25) is 9.36 Å². The first-order chi connectivity index (χ1) is 20.8. The number of nitrogens with zero attached hydrogens (tertiary/aromatic N) is 2. The lowest BCUT2D eigenvalue weighted by Gasteiger charge is -2.27. The average molecular weight is 638 g/mol. The third-order valence-corrected chi connectivity index (χ3v) is 8.36. The molecule has 2 heterocycles. The highest BCUT2D eigenvalue weighted by Gasteiger charge is 2.36. The second-order valence-corrected chi connectivity index (χ2v) is 11.6. The highest BCUT2D eigenvalue weighted by atomic mass is 35.5. The summed E-state index contributed by atoms with van der Waals surface area (Å²) < 4.78 is 19.3. The molecule has 7 nitrogen and oxygen atoms in total. The van der Waals surface area contributed by atoms with Crippen molar-refractivity contribution in [3.8, 4) is 11.5 Å². The fraction of sp³-hybridized carbons (Fsp3) is 0.242. The van der Waals surface area contributed by atoms with Crippen LogP contribution in [0.3, 0.4) is 0 Å². The zero-order valence-electron chi connectivity index (χ0n) is 23.9. The van der Waals surface area contributed by atoms with Gasteiger partial charge >= 0.3 is 5.97 Å². The van der Waals surface area contributed by atoms with Gasteiger partial charge in [-0.25, -0.2) is 9.79 Å². The number of para-hydroxylation sites is 1. The second kappa shape index (κ2) is 13.6. The van der Waals surface area contributed by atoms with E-state index in [1.54, 1.807) is 31.2 Å². The largest absolute Gasteiger partial charge is 0.496 e. The lowest BCUT2D eigenvalue weighted by atomic mass is 9.93. The van der Waals surface area contributed by atoms with Crippen LogP contribution in [0.2, 0.25) is 10.0 Å². The van der Waals surface area contributed by atoms with Gasteiger partial charge in [0.25, 0.3) is 5.56 Å². The number of fused-ring (bicyclic) bond motifs is 1. The van der Waals surface area contributed by atoms with Gasteiger partial charge < -0.3 is 14.2 Å². The Kier molecular flexibility index (Phi) is 9.70. The van der Waals surface area contributed by atoms with E-state index in [0.29, 0.717) is 60.7 Å². The molecule has 0 radical (unpaired) electrons. The molecule has 0 aliphatic carbocycles. The van der Waals surface area contributed by atoms with Crippen molar-refractivity contribution in [1.82, 2.24) is 4.57 Å². The van der Waals surface area contributed by atoms with Crippen LogP contribution in [0.25, 0.3) is 6.08 Å². The monoisotopic (exact) mass is 636 g/mol. The molecule has 0 fully saturated rings. The molecule has 43 heavy (non-hydrogen) atoms. The standard InChI is InChI=1S/C33H30Cl2N2O5S/c1-4-8-25-29(32(39)41-5-2)30(24-18-23(35)15-16-27(24)40-3)37-31(38)28(43-33(37)36-25)17-21-9-6-7-10-26(21)42-19-20-11-13-22(34)14-12-20/h6-7,9-18,30H,4-5,8,19H2,1-3H3/b28-17+/t30-/m0/s1. The molecule has 0 spiro atoms. The van der Waals surface area contributed by atoms with Crippen LogP contribution in [-0.2, 0) is 16.1 Å². The predicted octanol–water partition coefficient (Wildman–Crippen LogP) is 6.47. The third kappa shape index (κ3) is 6.56. The highest BCUT2D eigenvalue weighted by molar-refractivity contribution is 7.07. The van der Waals surface area contributed by atoms with Gasteiger partial charge in [-0.1, -0.05) is 78.2 Å². The Morgan fingerprint density at radius 3 is 2.49 bits per heavy atom. The highest BCUT2D eigenvalue weighted by Crippen LogP contribution is 2.38. The van der Waals surface area contributed by atoms with Crippen LogP contribution in [-0.4, -0.2) is 24.3 Å². The van der Waals surface area contributed by atoms with Crippen molar-refractivity contribution in [3.05, 3.63) is 124 Å². The molecule has 1 aliphatic rings. The van der Waals surface area contributed by atoms with Gasteiger partial charge in [-0.05, 0) is 61.4 Å². The lowest BCUT2D eigenvalue weighted by molar-refractivity contribution is -0.139. The molecule has 222 valence electrons. The molecule has 10 heteroatoms. The van der Waals surface area contributed by atoms with E-state index in [9.17, 15) is 9.59 Å². The Morgan fingerprint density at radius 1 is 1.02 bits per heavy atom.